The van der Waals surface area contributed by atoms with E-state index in [1.165, 1.54) is 16.0 Å². The van der Waals surface area contributed by atoms with Crippen LogP contribution in [0.15, 0.2) is 47.4 Å². The van der Waals surface area contributed by atoms with Crippen LogP contribution in [0.4, 0.5) is 5.69 Å². The van der Waals surface area contributed by atoms with Crippen molar-refractivity contribution in [2.45, 2.75) is 25.2 Å². The van der Waals surface area contributed by atoms with E-state index < -0.39 is 0 Å². The van der Waals surface area contributed by atoms with Crippen LogP contribution in [0.1, 0.15) is 17.5 Å². The Labute approximate surface area is 159 Å². The van der Waals surface area contributed by atoms with Crippen LogP contribution < -0.4 is 4.90 Å². The van der Waals surface area contributed by atoms with E-state index in [2.05, 4.69) is 36.9 Å². The van der Waals surface area contributed by atoms with Crippen molar-refractivity contribution in [1.29, 1.82) is 0 Å². The third-order valence-corrected chi connectivity index (χ3v) is 5.91. The van der Waals surface area contributed by atoms with E-state index in [1.54, 1.807) is 17.8 Å². The van der Waals surface area contributed by atoms with Gasteiger partial charge in [0.25, 0.3) is 0 Å². The van der Waals surface area contributed by atoms with Crippen LogP contribution in [-0.2, 0) is 4.79 Å². The first-order chi connectivity index (χ1) is 12.5. The molecular formula is C21H26N2O2S. The number of hydrogen-bond donors (Lipinski definition) is 1. The molecule has 1 heterocycles. The van der Waals surface area contributed by atoms with Gasteiger partial charge in [0.1, 0.15) is 5.75 Å². The summed E-state index contributed by atoms with van der Waals surface area (Å²) in [5.74, 6) is 1.33. The summed E-state index contributed by atoms with van der Waals surface area (Å²) < 4.78 is 0. The summed E-state index contributed by atoms with van der Waals surface area (Å²) in [7, 11) is 0. The molecule has 1 aliphatic heterocycles. The van der Waals surface area contributed by atoms with E-state index in [0.29, 0.717) is 25.3 Å². The molecule has 3 rings (SSSR count). The fraction of sp³-hybridized carbons (Fsp3) is 0.381. The Morgan fingerprint density at radius 1 is 1.04 bits per heavy atom. The standard InChI is InChI=1S/C21H26N2O2S/c1-16-7-8-18(15-17(16)2)26-14-9-21(25)23-12-10-22(11-13-23)19-5-3-4-6-20(19)24/h3-8,15,24H,9-14H2,1-2H3. The lowest BCUT2D eigenvalue weighted by Crippen LogP contribution is -2.48. The number of thioether (sulfide) groups is 1. The number of anilines is 1. The van der Waals surface area contributed by atoms with Crippen molar-refractivity contribution < 1.29 is 9.90 Å². The predicted octanol–water partition coefficient (Wildman–Crippen LogP) is 3.84. The van der Waals surface area contributed by atoms with Crippen LogP contribution in [0.25, 0.3) is 0 Å². The molecule has 1 fully saturated rings. The van der Waals surface area contributed by atoms with Crippen LogP contribution in [-0.4, -0.2) is 47.8 Å². The van der Waals surface area contributed by atoms with E-state index in [1.807, 2.05) is 23.1 Å². The molecule has 1 N–H and O–H groups in total. The van der Waals surface area contributed by atoms with Gasteiger partial charge in [-0.25, -0.2) is 0 Å². The number of carbonyl (C=O) groups is 1. The first kappa shape index (κ1) is 18.6. The second-order valence-corrected chi connectivity index (χ2v) is 7.87. The van der Waals surface area contributed by atoms with Gasteiger partial charge in [-0.1, -0.05) is 18.2 Å². The molecule has 0 bridgehead atoms. The number of phenolic OH excluding ortho intramolecular Hbond substituents is 1. The number of phenols is 1. The molecule has 0 atom stereocenters. The Morgan fingerprint density at radius 3 is 2.46 bits per heavy atom. The maximum atomic E-state index is 12.5. The summed E-state index contributed by atoms with van der Waals surface area (Å²) in [5.41, 5.74) is 3.44. The van der Waals surface area contributed by atoms with Gasteiger partial charge in [-0.2, -0.15) is 0 Å². The van der Waals surface area contributed by atoms with Gasteiger partial charge >= 0.3 is 0 Å². The Bertz CT molecular complexity index is 770. The van der Waals surface area contributed by atoms with Crippen LogP contribution in [0.2, 0.25) is 0 Å². The lowest BCUT2D eigenvalue weighted by molar-refractivity contribution is -0.131. The van der Waals surface area contributed by atoms with Crippen molar-refractivity contribution in [2.24, 2.45) is 0 Å². The number of nitrogens with zero attached hydrogens (tertiary/aromatic N) is 2. The topological polar surface area (TPSA) is 43.8 Å². The first-order valence-corrected chi connectivity index (χ1v) is 10.0. The predicted molar refractivity (Wildman–Crippen MR) is 108 cm³/mol. The van der Waals surface area contributed by atoms with E-state index in [0.717, 1.165) is 24.5 Å². The van der Waals surface area contributed by atoms with Crippen molar-refractivity contribution in [3.8, 4) is 5.75 Å². The molecule has 0 spiro atoms. The molecule has 0 radical (unpaired) electrons. The molecule has 0 aromatic heterocycles. The molecule has 4 nitrogen and oxygen atoms in total. The minimum atomic E-state index is 0.221. The van der Waals surface area contributed by atoms with Crippen molar-refractivity contribution >= 4 is 23.4 Å². The molecule has 1 saturated heterocycles. The number of para-hydroxylation sites is 2. The van der Waals surface area contributed by atoms with Gasteiger partial charge in [0.2, 0.25) is 5.91 Å². The zero-order valence-corrected chi connectivity index (χ0v) is 16.3. The van der Waals surface area contributed by atoms with Crippen LogP contribution in [0.5, 0.6) is 5.75 Å². The Morgan fingerprint density at radius 2 is 1.77 bits per heavy atom. The maximum Gasteiger partial charge on any atom is 0.223 e. The van der Waals surface area contributed by atoms with Crippen LogP contribution in [0.3, 0.4) is 0 Å². The van der Waals surface area contributed by atoms with Crippen LogP contribution >= 0.6 is 11.8 Å². The number of aryl methyl sites for hydroxylation is 2. The molecule has 2 aromatic rings. The highest BCUT2D eigenvalue weighted by atomic mass is 32.2. The number of aromatic hydroxyl groups is 1. The van der Waals surface area contributed by atoms with Gasteiger partial charge in [-0.05, 0) is 49.2 Å². The molecule has 5 heteroatoms. The van der Waals surface area contributed by atoms with Gasteiger partial charge < -0.3 is 14.9 Å². The van der Waals surface area contributed by atoms with E-state index in [4.69, 9.17) is 0 Å². The second kappa shape index (κ2) is 8.49. The Balaban J connectivity index is 1.45. The first-order valence-electron chi connectivity index (χ1n) is 9.05. The van der Waals surface area contributed by atoms with Crippen LogP contribution in [0, 0.1) is 13.8 Å². The van der Waals surface area contributed by atoms with E-state index in [9.17, 15) is 9.90 Å². The molecule has 0 saturated carbocycles. The minimum absolute atomic E-state index is 0.221. The van der Waals surface area contributed by atoms with Gasteiger partial charge in [-0.3, -0.25) is 4.79 Å². The summed E-state index contributed by atoms with van der Waals surface area (Å²) in [6.07, 6.45) is 0.564. The van der Waals surface area contributed by atoms with Gasteiger partial charge in [-0.15, -0.1) is 11.8 Å². The number of piperazine rings is 1. The quantitative estimate of drug-likeness (QED) is 0.812. The summed E-state index contributed by atoms with van der Waals surface area (Å²) in [4.78, 5) is 17.8. The van der Waals surface area contributed by atoms with Gasteiger partial charge in [0.15, 0.2) is 0 Å². The number of hydrogen-bond acceptors (Lipinski definition) is 4. The SMILES string of the molecule is Cc1ccc(SCCC(=O)N2CCN(c3ccccc3O)CC2)cc1C. The highest BCUT2D eigenvalue weighted by Crippen LogP contribution is 2.27. The maximum absolute atomic E-state index is 12.5. The average Bonchev–Trinajstić information content (AvgIpc) is 2.65. The average molecular weight is 371 g/mol. The zero-order valence-electron chi connectivity index (χ0n) is 15.4. The van der Waals surface area contributed by atoms with Gasteiger partial charge in [0.05, 0.1) is 5.69 Å². The molecule has 0 aliphatic carbocycles. The fourth-order valence-electron chi connectivity index (χ4n) is 3.15. The van der Waals surface area contributed by atoms with Crippen molar-refractivity contribution in [3.63, 3.8) is 0 Å². The second-order valence-electron chi connectivity index (χ2n) is 6.70. The van der Waals surface area contributed by atoms with Crippen molar-refractivity contribution in [1.82, 2.24) is 4.90 Å². The lowest BCUT2D eigenvalue weighted by Gasteiger charge is -2.36. The van der Waals surface area contributed by atoms with Crippen molar-refractivity contribution in [3.05, 3.63) is 53.6 Å². The number of rotatable bonds is 5. The number of amides is 1. The smallest absolute Gasteiger partial charge is 0.223 e. The molecule has 138 valence electrons. The Hall–Kier alpha value is -2.14. The Kier molecular flexibility index (Phi) is 6.09. The third kappa shape index (κ3) is 4.52. The lowest BCUT2D eigenvalue weighted by atomic mass is 10.1. The summed E-state index contributed by atoms with van der Waals surface area (Å²) in [6.45, 7) is 7.17. The normalized spacial score (nSPS) is 14.5. The van der Waals surface area contributed by atoms with E-state index >= 15 is 0 Å². The molecule has 1 amide bonds. The third-order valence-electron chi connectivity index (χ3n) is 4.92. The number of benzene rings is 2. The molecule has 1 aliphatic rings. The summed E-state index contributed by atoms with van der Waals surface area (Å²) >= 11 is 1.74. The van der Waals surface area contributed by atoms with E-state index in [-0.39, 0.29) is 5.91 Å². The summed E-state index contributed by atoms with van der Waals surface area (Å²) in [5, 5.41) is 9.97. The van der Waals surface area contributed by atoms with Gasteiger partial charge in [0, 0.05) is 43.2 Å². The molecule has 26 heavy (non-hydrogen) atoms. The fourth-order valence-corrected chi connectivity index (χ4v) is 4.08. The largest absolute Gasteiger partial charge is 0.506 e. The molecule has 0 unspecified atom stereocenters. The monoisotopic (exact) mass is 370 g/mol. The highest BCUT2D eigenvalue weighted by Gasteiger charge is 2.22. The highest BCUT2D eigenvalue weighted by molar-refractivity contribution is 7.99. The minimum Gasteiger partial charge on any atom is -0.506 e. The zero-order chi connectivity index (χ0) is 18.5. The number of carbonyl (C=O) groups excluding carboxylic acids is 1. The summed E-state index contributed by atoms with van der Waals surface area (Å²) in [6, 6.07) is 13.8. The van der Waals surface area contributed by atoms with Crippen molar-refractivity contribution in [2.75, 3.05) is 36.8 Å². The molecular weight excluding hydrogens is 344 g/mol. The molecule has 2 aromatic carbocycles.